The van der Waals surface area contributed by atoms with Crippen LogP contribution in [-0.4, -0.2) is 38.7 Å². The summed E-state index contributed by atoms with van der Waals surface area (Å²) in [5.74, 6) is 0.353. The zero-order chi connectivity index (χ0) is 22.7. The molecule has 4 aromatic rings. The average molecular weight is 429 g/mol. The normalized spacial score (nSPS) is 11.0. The molecule has 0 spiro atoms. The summed E-state index contributed by atoms with van der Waals surface area (Å²) in [6.45, 7) is 9.13. The predicted octanol–water partition coefficient (Wildman–Crippen LogP) is 4.77. The van der Waals surface area contributed by atoms with E-state index in [2.05, 4.69) is 19.1 Å². The highest BCUT2D eigenvalue weighted by molar-refractivity contribution is 5.84. The minimum atomic E-state index is -0.0703. The third kappa shape index (κ3) is 4.49. The van der Waals surface area contributed by atoms with Crippen LogP contribution in [0.25, 0.3) is 16.7 Å². The van der Waals surface area contributed by atoms with Crippen LogP contribution in [0, 0.1) is 20.8 Å². The van der Waals surface area contributed by atoms with Gasteiger partial charge in [0, 0.05) is 24.5 Å². The molecule has 0 N–H and O–H groups in total. The van der Waals surface area contributed by atoms with Crippen molar-refractivity contribution in [3.63, 3.8) is 0 Å². The fraction of sp³-hybridized carbons (Fsp3) is 0.269. The van der Waals surface area contributed by atoms with Gasteiger partial charge >= 0.3 is 0 Å². The van der Waals surface area contributed by atoms with Gasteiger partial charge in [0.2, 0.25) is 5.88 Å². The van der Waals surface area contributed by atoms with Gasteiger partial charge in [-0.1, -0.05) is 48.0 Å². The number of carbonyl (C=O) groups excluding carboxylic acids is 1. The molecular formula is C26H28N4O2. The molecule has 0 bridgehead atoms. The Morgan fingerprint density at radius 2 is 1.75 bits per heavy atom. The number of pyridine rings is 1. The molecule has 32 heavy (non-hydrogen) atoms. The van der Waals surface area contributed by atoms with E-state index >= 15 is 0 Å². The Morgan fingerprint density at radius 1 is 1.03 bits per heavy atom. The lowest BCUT2D eigenvalue weighted by Gasteiger charge is -2.21. The van der Waals surface area contributed by atoms with Crippen molar-refractivity contribution >= 4 is 16.9 Å². The van der Waals surface area contributed by atoms with E-state index in [4.69, 9.17) is 14.8 Å². The van der Waals surface area contributed by atoms with Gasteiger partial charge in [0.15, 0.2) is 12.3 Å². The molecule has 0 aliphatic carbocycles. The second-order valence-electron chi connectivity index (χ2n) is 7.99. The number of likely N-dealkylation sites (N-methyl/N-ethyl adjacent to an activating group) is 1. The van der Waals surface area contributed by atoms with Gasteiger partial charge in [0.25, 0.3) is 5.91 Å². The highest BCUT2D eigenvalue weighted by atomic mass is 16.5. The van der Waals surface area contributed by atoms with Crippen molar-refractivity contribution < 1.29 is 9.53 Å². The molecule has 0 aliphatic heterocycles. The molecule has 2 heterocycles. The first kappa shape index (κ1) is 21.6. The van der Waals surface area contributed by atoms with Crippen molar-refractivity contribution in [1.82, 2.24) is 19.7 Å². The molecule has 164 valence electrons. The molecule has 0 aliphatic rings. The monoisotopic (exact) mass is 428 g/mol. The average Bonchev–Trinajstić information content (AvgIpc) is 3.13. The standard InChI is InChI=1S/C26H28N4O2/c1-5-29(16-21-9-7-6-8-10-21)24(31)17-32-23-15-19(3)25-20(4)28-30(26(25)27-23)22-13-11-18(2)12-14-22/h6-15H,5,16-17H2,1-4H3. The Labute approximate surface area is 188 Å². The number of fused-ring (bicyclic) bond motifs is 1. The molecule has 0 fully saturated rings. The highest BCUT2D eigenvalue weighted by Gasteiger charge is 2.17. The van der Waals surface area contributed by atoms with Crippen LogP contribution in [0.4, 0.5) is 0 Å². The number of aryl methyl sites for hydroxylation is 3. The lowest BCUT2D eigenvalue weighted by Crippen LogP contribution is -2.34. The molecule has 6 nitrogen and oxygen atoms in total. The van der Waals surface area contributed by atoms with E-state index in [1.807, 2.05) is 74.0 Å². The van der Waals surface area contributed by atoms with Crippen molar-refractivity contribution in [3.8, 4) is 11.6 Å². The summed E-state index contributed by atoms with van der Waals surface area (Å²) in [5, 5.41) is 5.70. The maximum absolute atomic E-state index is 12.8. The quantitative estimate of drug-likeness (QED) is 0.425. The molecule has 2 aromatic carbocycles. The molecule has 2 aromatic heterocycles. The lowest BCUT2D eigenvalue weighted by atomic mass is 10.1. The fourth-order valence-corrected chi connectivity index (χ4v) is 3.82. The Bertz CT molecular complexity index is 1230. The summed E-state index contributed by atoms with van der Waals surface area (Å²) in [7, 11) is 0. The van der Waals surface area contributed by atoms with Gasteiger partial charge in [0.1, 0.15) is 0 Å². The number of rotatable bonds is 7. The zero-order valence-corrected chi connectivity index (χ0v) is 19.0. The highest BCUT2D eigenvalue weighted by Crippen LogP contribution is 2.26. The fourth-order valence-electron chi connectivity index (χ4n) is 3.82. The van der Waals surface area contributed by atoms with Gasteiger partial charge in [-0.15, -0.1) is 0 Å². The molecule has 0 saturated heterocycles. The number of hydrogen-bond acceptors (Lipinski definition) is 4. The summed E-state index contributed by atoms with van der Waals surface area (Å²) < 4.78 is 7.69. The first-order valence-electron chi connectivity index (χ1n) is 10.8. The van der Waals surface area contributed by atoms with E-state index in [9.17, 15) is 4.79 Å². The first-order valence-corrected chi connectivity index (χ1v) is 10.8. The lowest BCUT2D eigenvalue weighted by molar-refractivity contribution is -0.133. The number of aromatic nitrogens is 3. The minimum absolute atomic E-state index is 0.0593. The van der Waals surface area contributed by atoms with E-state index in [0.29, 0.717) is 19.0 Å². The molecule has 0 saturated carbocycles. The largest absolute Gasteiger partial charge is 0.467 e. The van der Waals surface area contributed by atoms with Gasteiger partial charge in [-0.2, -0.15) is 10.1 Å². The third-order valence-electron chi connectivity index (χ3n) is 5.56. The van der Waals surface area contributed by atoms with Crippen LogP contribution < -0.4 is 4.74 Å². The molecule has 0 unspecified atom stereocenters. The summed E-state index contributed by atoms with van der Waals surface area (Å²) in [4.78, 5) is 19.3. The van der Waals surface area contributed by atoms with Crippen molar-refractivity contribution in [2.45, 2.75) is 34.2 Å². The number of hydrogen-bond donors (Lipinski definition) is 0. The van der Waals surface area contributed by atoms with E-state index in [-0.39, 0.29) is 12.5 Å². The Kier molecular flexibility index (Phi) is 6.21. The zero-order valence-electron chi connectivity index (χ0n) is 19.0. The van der Waals surface area contributed by atoms with Crippen LogP contribution in [0.2, 0.25) is 0 Å². The van der Waals surface area contributed by atoms with Crippen LogP contribution >= 0.6 is 0 Å². The van der Waals surface area contributed by atoms with E-state index in [0.717, 1.165) is 33.5 Å². The van der Waals surface area contributed by atoms with Crippen LogP contribution in [-0.2, 0) is 11.3 Å². The summed E-state index contributed by atoms with van der Waals surface area (Å²) in [6, 6.07) is 20.0. The maximum atomic E-state index is 12.8. The number of benzene rings is 2. The van der Waals surface area contributed by atoms with Crippen molar-refractivity contribution in [1.29, 1.82) is 0 Å². The maximum Gasteiger partial charge on any atom is 0.260 e. The van der Waals surface area contributed by atoms with Gasteiger partial charge in [-0.3, -0.25) is 4.79 Å². The molecular weight excluding hydrogens is 400 g/mol. The number of amides is 1. The molecule has 6 heteroatoms. The summed E-state index contributed by atoms with van der Waals surface area (Å²) >= 11 is 0. The second-order valence-corrected chi connectivity index (χ2v) is 7.99. The molecule has 1 amide bonds. The van der Waals surface area contributed by atoms with Crippen LogP contribution in [0.5, 0.6) is 5.88 Å². The molecule has 4 rings (SSSR count). The Morgan fingerprint density at radius 3 is 2.44 bits per heavy atom. The SMILES string of the molecule is CCN(Cc1ccccc1)C(=O)COc1cc(C)c2c(C)nn(-c3ccc(C)cc3)c2n1. The Balaban J connectivity index is 1.56. The van der Waals surface area contributed by atoms with Crippen LogP contribution in [0.3, 0.4) is 0 Å². The topological polar surface area (TPSA) is 60.3 Å². The van der Waals surface area contributed by atoms with E-state index < -0.39 is 0 Å². The van der Waals surface area contributed by atoms with Crippen molar-refractivity contribution in [2.75, 3.05) is 13.2 Å². The van der Waals surface area contributed by atoms with Gasteiger partial charge in [-0.05, 0) is 51.0 Å². The second kappa shape index (κ2) is 9.22. The van der Waals surface area contributed by atoms with Gasteiger partial charge in [-0.25, -0.2) is 4.68 Å². The van der Waals surface area contributed by atoms with Gasteiger partial charge < -0.3 is 9.64 Å². The summed E-state index contributed by atoms with van der Waals surface area (Å²) in [5.41, 5.74) is 5.87. The van der Waals surface area contributed by atoms with Crippen molar-refractivity contribution in [2.24, 2.45) is 0 Å². The summed E-state index contributed by atoms with van der Waals surface area (Å²) in [6.07, 6.45) is 0. The predicted molar refractivity (Wildman–Crippen MR) is 126 cm³/mol. The Hall–Kier alpha value is -3.67. The number of ether oxygens (including phenoxy) is 1. The van der Waals surface area contributed by atoms with Gasteiger partial charge in [0.05, 0.1) is 11.4 Å². The smallest absolute Gasteiger partial charge is 0.260 e. The number of carbonyl (C=O) groups is 1. The third-order valence-corrected chi connectivity index (χ3v) is 5.56. The molecule has 0 atom stereocenters. The van der Waals surface area contributed by atoms with Crippen molar-refractivity contribution in [3.05, 3.63) is 83.0 Å². The van der Waals surface area contributed by atoms with E-state index in [1.165, 1.54) is 5.56 Å². The minimum Gasteiger partial charge on any atom is -0.467 e. The van der Waals surface area contributed by atoms with E-state index in [1.54, 1.807) is 4.90 Å². The first-order chi connectivity index (χ1) is 15.5. The number of nitrogens with zero attached hydrogens (tertiary/aromatic N) is 4. The molecule has 0 radical (unpaired) electrons. The van der Waals surface area contributed by atoms with Crippen LogP contribution in [0.15, 0.2) is 60.7 Å². The van der Waals surface area contributed by atoms with Crippen LogP contribution in [0.1, 0.15) is 29.3 Å².